The van der Waals surface area contributed by atoms with Gasteiger partial charge in [0, 0.05) is 19.2 Å². The average molecular weight is 370 g/mol. The van der Waals surface area contributed by atoms with E-state index in [1.54, 1.807) is 43.5 Å². The highest BCUT2D eigenvalue weighted by Gasteiger charge is 2.07. The molecule has 0 spiro atoms. The first-order chi connectivity index (χ1) is 13.1. The molecule has 2 N–H and O–H groups in total. The summed E-state index contributed by atoms with van der Waals surface area (Å²) in [7, 11) is 1.55. The van der Waals surface area contributed by atoms with Gasteiger partial charge in [-0.05, 0) is 35.9 Å². The summed E-state index contributed by atoms with van der Waals surface area (Å²) >= 11 is 0. The second-order valence-corrected chi connectivity index (χ2v) is 5.37. The van der Waals surface area contributed by atoms with Crippen molar-refractivity contribution in [3.05, 3.63) is 66.6 Å². The summed E-state index contributed by atoms with van der Waals surface area (Å²) in [5, 5.41) is 5.33. The maximum absolute atomic E-state index is 11.9. The number of carbonyl (C=O) groups excluding carboxylic acids is 2. The molecular formula is C20H22N2O5. The van der Waals surface area contributed by atoms with E-state index >= 15 is 0 Å². The van der Waals surface area contributed by atoms with Gasteiger partial charge in [0.2, 0.25) is 5.91 Å². The highest BCUT2D eigenvalue weighted by molar-refractivity contribution is 5.92. The van der Waals surface area contributed by atoms with Crippen LogP contribution in [0.15, 0.2) is 59.7 Å². The Hall–Kier alpha value is -3.48. The van der Waals surface area contributed by atoms with Crippen LogP contribution in [0.4, 0.5) is 0 Å². The number of furan rings is 1. The summed E-state index contributed by atoms with van der Waals surface area (Å²) in [6.45, 7) is 4.57. The van der Waals surface area contributed by atoms with Crippen LogP contribution in [0.3, 0.4) is 0 Å². The Kier molecular flexibility index (Phi) is 7.71. The smallest absolute Gasteiger partial charge is 0.287 e. The maximum Gasteiger partial charge on any atom is 0.287 e. The largest absolute Gasteiger partial charge is 0.493 e. The maximum atomic E-state index is 11.9. The van der Waals surface area contributed by atoms with Gasteiger partial charge in [0.1, 0.15) is 6.61 Å². The molecule has 0 fully saturated rings. The van der Waals surface area contributed by atoms with Crippen molar-refractivity contribution in [1.82, 2.24) is 10.6 Å². The minimum Gasteiger partial charge on any atom is -0.493 e. The molecule has 0 saturated carbocycles. The van der Waals surface area contributed by atoms with Gasteiger partial charge in [-0.25, -0.2) is 0 Å². The summed E-state index contributed by atoms with van der Waals surface area (Å²) < 4.78 is 15.7. The van der Waals surface area contributed by atoms with E-state index in [2.05, 4.69) is 17.2 Å². The lowest BCUT2D eigenvalue weighted by Crippen LogP contribution is -2.33. The van der Waals surface area contributed by atoms with Crippen LogP contribution in [0, 0.1) is 0 Å². The Morgan fingerprint density at radius 3 is 2.70 bits per heavy atom. The minimum atomic E-state index is -0.323. The lowest BCUT2D eigenvalue weighted by atomic mass is 10.2. The lowest BCUT2D eigenvalue weighted by Gasteiger charge is -2.09. The minimum absolute atomic E-state index is 0.232. The molecular weight excluding hydrogens is 348 g/mol. The molecule has 1 aromatic carbocycles. The van der Waals surface area contributed by atoms with E-state index < -0.39 is 0 Å². The molecule has 0 aliphatic heterocycles. The predicted molar refractivity (Wildman–Crippen MR) is 102 cm³/mol. The predicted octanol–water partition coefficient (Wildman–Crippen LogP) is 2.41. The summed E-state index contributed by atoms with van der Waals surface area (Å²) in [5.74, 6) is 0.811. The molecule has 0 aliphatic carbocycles. The number of rotatable bonds is 10. The third kappa shape index (κ3) is 6.39. The fraction of sp³-hybridized carbons (Fsp3) is 0.200. The zero-order chi connectivity index (χ0) is 19.5. The number of nitrogens with one attached hydrogen (secondary N) is 2. The first kappa shape index (κ1) is 19.8. The second kappa shape index (κ2) is 10.5. The van der Waals surface area contributed by atoms with Crippen LogP contribution in [0.25, 0.3) is 6.08 Å². The summed E-state index contributed by atoms with van der Waals surface area (Å²) in [6, 6.07) is 8.55. The van der Waals surface area contributed by atoms with Crippen molar-refractivity contribution in [3.63, 3.8) is 0 Å². The fourth-order valence-corrected chi connectivity index (χ4v) is 2.14. The number of methoxy groups -OCH3 is 1. The Morgan fingerprint density at radius 1 is 1.19 bits per heavy atom. The molecule has 7 nitrogen and oxygen atoms in total. The molecule has 0 bridgehead atoms. The Bertz CT molecular complexity index is 797. The van der Waals surface area contributed by atoms with Crippen LogP contribution < -0.4 is 20.1 Å². The number of hydrogen-bond acceptors (Lipinski definition) is 5. The summed E-state index contributed by atoms with van der Waals surface area (Å²) in [4.78, 5) is 23.5. The van der Waals surface area contributed by atoms with E-state index in [0.29, 0.717) is 31.2 Å². The standard InChI is InChI=1S/C20H22N2O5/c1-3-12-26-16-8-6-15(14-18(16)25-2)7-9-19(23)21-10-11-22-20(24)17-5-4-13-27-17/h3-9,13-14H,1,10-12H2,2H3,(H,21,23)(H,22,24)/b9-7+. The van der Waals surface area contributed by atoms with Gasteiger partial charge in [-0.1, -0.05) is 18.7 Å². The Morgan fingerprint density at radius 2 is 2.00 bits per heavy atom. The normalized spacial score (nSPS) is 10.4. The van der Waals surface area contributed by atoms with Crippen molar-refractivity contribution in [1.29, 1.82) is 0 Å². The molecule has 0 unspecified atom stereocenters. The summed E-state index contributed by atoms with van der Waals surface area (Å²) in [6.07, 6.45) is 6.15. The molecule has 0 aliphatic rings. The van der Waals surface area contributed by atoms with E-state index in [9.17, 15) is 9.59 Å². The lowest BCUT2D eigenvalue weighted by molar-refractivity contribution is -0.116. The second-order valence-electron chi connectivity index (χ2n) is 5.37. The van der Waals surface area contributed by atoms with Crippen LogP contribution in [0.2, 0.25) is 0 Å². The van der Waals surface area contributed by atoms with Crippen LogP contribution in [0.5, 0.6) is 11.5 Å². The number of carbonyl (C=O) groups is 2. The van der Waals surface area contributed by atoms with Crippen molar-refractivity contribution < 1.29 is 23.5 Å². The zero-order valence-electron chi connectivity index (χ0n) is 15.1. The molecule has 2 rings (SSSR count). The quantitative estimate of drug-likeness (QED) is 0.381. The van der Waals surface area contributed by atoms with Crippen molar-refractivity contribution >= 4 is 17.9 Å². The molecule has 0 atom stereocenters. The van der Waals surface area contributed by atoms with Gasteiger partial charge in [-0.15, -0.1) is 0 Å². The molecule has 2 amide bonds. The molecule has 2 aromatic rings. The summed E-state index contributed by atoms with van der Waals surface area (Å²) in [5.41, 5.74) is 0.791. The highest BCUT2D eigenvalue weighted by atomic mass is 16.5. The zero-order valence-corrected chi connectivity index (χ0v) is 15.1. The van der Waals surface area contributed by atoms with E-state index in [1.807, 2.05) is 6.07 Å². The van der Waals surface area contributed by atoms with Gasteiger partial charge in [0.15, 0.2) is 17.3 Å². The average Bonchev–Trinajstić information content (AvgIpc) is 3.23. The van der Waals surface area contributed by atoms with Crippen LogP contribution in [0.1, 0.15) is 16.1 Å². The number of amides is 2. The first-order valence-electron chi connectivity index (χ1n) is 8.33. The van der Waals surface area contributed by atoms with Crippen molar-refractivity contribution in [2.24, 2.45) is 0 Å². The third-order valence-corrected chi connectivity index (χ3v) is 3.43. The molecule has 27 heavy (non-hydrogen) atoms. The number of ether oxygens (including phenoxy) is 2. The first-order valence-corrected chi connectivity index (χ1v) is 8.33. The van der Waals surface area contributed by atoms with E-state index in [-0.39, 0.29) is 17.6 Å². The van der Waals surface area contributed by atoms with E-state index in [1.165, 1.54) is 12.3 Å². The van der Waals surface area contributed by atoms with Gasteiger partial charge >= 0.3 is 0 Å². The Labute approximate surface area is 157 Å². The molecule has 7 heteroatoms. The SMILES string of the molecule is C=CCOc1ccc(/C=C/C(=O)NCCNC(=O)c2ccco2)cc1OC. The van der Waals surface area contributed by atoms with Gasteiger partial charge in [0.25, 0.3) is 5.91 Å². The van der Waals surface area contributed by atoms with Gasteiger partial charge in [-0.3, -0.25) is 9.59 Å². The third-order valence-electron chi connectivity index (χ3n) is 3.43. The van der Waals surface area contributed by atoms with E-state index in [0.717, 1.165) is 5.56 Å². The molecule has 1 heterocycles. The monoisotopic (exact) mass is 370 g/mol. The van der Waals surface area contributed by atoms with Crippen LogP contribution in [-0.4, -0.2) is 38.6 Å². The highest BCUT2D eigenvalue weighted by Crippen LogP contribution is 2.28. The Balaban J connectivity index is 1.78. The van der Waals surface area contributed by atoms with Crippen molar-refractivity contribution in [2.75, 3.05) is 26.8 Å². The molecule has 0 radical (unpaired) electrons. The fourth-order valence-electron chi connectivity index (χ4n) is 2.14. The molecule has 1 aromatic heterocycles. The number of benzene rings is 1. The van der Waals surface area contributed by atoms with Crippen LogP contribution >= 0.6 is 0 Å². The van der Waals surface area contributed by atoms with Crippen molar-refractivity contribution in [2.45, 2.75) is 0 Å². The van der Waals surface area contributed by atoms with Crippen molar-refractivity contribution in [3.8, 4) is 11.5 Å². The van der Waals surface area contributed by atoms with Gasteiger partial charge in [0.05, 0.1) is 13.4 Å². The van der Waals surface area contributed by atoms with E-state index in [4.69, 9.17) is 13.9 Å². The topological polar surface area (TPSA) is 89.8 Å². The van der Waals surface area contributed by atoms with Gasteiger partial charge in [-0.2, -0.15) is 0 Å². The van der Waals surface area contributed by atoms with Gasteiger partial charge < -0.3 is 24.5 Å². The van der Waals surface area contributed by atoms with Crippen LogP contribution in [-0.2, 0) is 4.79 Å². The molecule has 0 saturated heterocycles. The molecule has 142 valence electrons. The number of hydrogen-bond donors (Lipinski definition) is 2.